The highest BCUT2D eigenvalue weighted by Gasteiger charge is 2.48. The highest BCUT2D eigenvalue weighted by molar-refractivity contribution is 7.90. The van der Waals surface area contributed by atoms with Gasteiger partial charge in [-0.15, -0.1) is 12.4 Å². The molecular weight excluding hydrogens is 354 g/mol. The van der Waals surface area contributed by atoms with Crippen molar-refractivity contribution in [3.63, 3.8) is 0 Å². The van der Waals surface area contributed by atoms with E-state index >= 15 is 0 Å². The lowest BCUT2D eigenvalue weighted by Crippen LogP contribution is -2.48. The Morgan fingerprint density at radius 2 is 2.00 bits per heavy atom. The molecule has 1 aromatic rings. The van der Waals surface area contributed by atoms with E-state index in [1.54, 1.807) is 0 Å². The van der Waals surface area contributed by atoms with Crippen LogP contribution in [0.5, 0.6) is 0 Å². The lowest BCUT2D eigenvalue weighted by molar-refractivity contribution is 0.0863. The van der Waals surface area contributed by atoms with E-state index in [2.05, 4.69) is 10.6 Å². The molecule has 0 spiro atoms. The average Bonchev–Trinajstić information content (AvgIpc) is 3.26. The first-order valence-electron chi connectivity index (χ1n) is 7.70. The number of carbonyl (C=O) groups excluding carboxylic acids is 2. The number of halogens is 1. The summed E-state index contributed by atoms with van der Waals surface area (Å²) in [7, 11) is -3.82. The summed E-state index contributed by atoms with van der Waals surface area (Å²) >= 11 is 0. The maximum Gasteiger partial charge on any atom is 0.269 e. The second-order valence-corrected chi connectivity index (χ2v) is 8.07. The predicted molar refractivity (Wildman–Crippen MR) is 88.8 cm³/mol. The molecule has 130 valence electrons. The first kappa shape index (κ1) is 17.2. The van der Waals surface area contributed by atoms with Gasteiger partial charge in [-0.1, -0.05) is 0 Å². The molecule has 24 heavy (non-hydrogen) atoms. The number of carbonyl (C=O) groups is 2. The van der Waals surface area contributed by atoms with Crippen LogP contribution in [0.25, 0.3) is 0 Å². The highest BCUT2D eigenvalue weighted by Crippen LogP contribution is 2.39. The number of hydrogen-bond acceptors (Lipinski definition) is 5. The molecule has 1 aliphatic carbocycles. The first-order chi connectivity index (χ1) is 11.0. The number of fused-ring (bicyclic) bond motifs is 1. The van der Waals surface area contributed by atoms with Gasteiger partial charge in [-0.2, -0.15) is 0 Å². The third-order valence-electron chi connectivity index (χ3n) is 4.51. The van der Waals surface area contributed by atoms with Gasteiger partial charge in [0, 0.05) is 37.2 Å². The fourth-order valence-electron chi connectivity index (χ4n) is 2.89. The second kappa shape index (κ2) is 6.02. The van der Waals surface area contributed by atoms with Crippen LogP contribution < -0.4 is 10.6 Å². The van der Waals surface area contributed by atoms with E-state index in [0.717, 1.165) is 17.4 Å². The molecular formula is C15H18ClN3O4S. The normalized spacial score (nSPS) is 21.7. The van der Waals surface area contributed by atoms with E-state index in [1.165, 1.54) is 18.2 Å². The molecule has 1 saturated carbocycles. The molecule has 0 radical (unpaired) electrons. The smallest absolute Gasteiger partial charge is 0.269 e. The van der Waals surface area contributed by atoms with Crippen LogP contribution in [0, 0.1) is 5.92 Å². The minimum absolute atomic E-state index is 0. The van der Waals surface area contributed by atoms with Crippen LogP contribution in [0.15, 0.2) is 23.1 Å². The second-order valence-electron chi connectivity index (χ2n) is 6.28. The molecule has 2 N–H and O–H groups in total. The summed E-state index contributed by atoms with van der Waals surface area (Å²) in [5.74, 6) is -0.369. The molecule has 4 rings (SSSR count). The van der Waals surface area contributed by atoms with Gasteiger partial charge in [0.15, 0.2) is 0 Å². The quantitative estimate of drug-likeness (QED) is 0.797. The summed E-state index contributed by atoms with van der Waals surface area (Å²) in [6.45, 7) is 2.32. The summed E-state index contributed by atoms with van der Waals surface area (Å²) in [6, 6.07) is 4.05. The van der Waals surface area contributed by atoms with E-state index < -0.39 is 15.9 Å². The Bertz CT molecular complexity index is 803. The molecule has 9 heteroatoms. The number of benzene rings is 1. The van der Waals surface area contributed by atoms with E-state index in [-0.39, 0.29) is 40.4 Å². The Kier molecular flexibility index (Phi) is 4.31. The lowest BCUT2D eigenvalue weighted by atomic mass is 10.0. The number of nitrogens with zero attached hydrogens (tertiary/aromatic N) is 1. The van der Waals surface area contributed by atoms with Crippen LogP contribution in [0.2, 0.25) is 0 Å². The molecule has 2 aliphatic heterocycles. The number of rotatable bonds is 4. The van der Waals surface area contributed by atoms with Crippen molar-refractivity contribution in [1.82, 2.24) is 14.9 Å². The number of amides is 2. The highest BCUT2D eigenvalue weighted by atomic mass is 35.5. The van der Waals surface area contributed by atoms with Crippen molar-refractivity contribution in [2.24, 2.45) is 5.92 Å². The predicted octanol–water partition coefficient (Wildman–Crippen LogP) is 0.364. The van der Waals surface area contributed by atoms with Crippen LogP contribution in [0.4, 0.5) is 0 Å². The molecule has 0 bridgehead atoms. The summed E-state index contributed by atoms with van der Waals surface area (Å²) in [6.07, 6.45) is 1.42. The Hall–Kier alpha value is -1.64. The zero-order valence-electron chi connectivity index (χ0n) is 12.8. The molecule has 2 fully saturated rings. The van der Waals surface area contributed by atoms with Gasteiger partial charge in [-0.05, 0) is 31.0 Å². The van der Waals surface area contributed by atoms with Crippen LogP contribution in [0.1, 0.15) is 33.6 Å². The van der Waals surface area contributed by atoms with Gasteiger partial charge in [-0.3, -0.25) is 9.59 Å². The van der Waals surface area contributed by atoms with Crippen molar-refractivity contribution in [2.45, 2.75) is 23.8 Å². The number of sulfonamides is 1. The van der Waals surface area contributed by atoms with Gasteiger partial charge in [0.1, 0.15) is 4.90 Å². The molecule has 0 aromatic heterocycles. The van der Waals surface area contributed by atoms with Gasteiger partial charge in [-0.25, -0.2) is 12.7 Å². The van der Waals surface area contributed by atoms with Crippen molar-refractivity contribution in [3.8, 4) is 0 Å². The van der Waals surface area contributed by atoms with E-state index in [4.69, 9.17) is 0 Å². The number of nitrogens with one attached hydrogen (secondary N) is 2. The average molecular weight is 372 g/mol. The first-order valence-corrected chi connectivity index (χ1v) is 9.14. The molecule has 0 atom stereocenters. The Balaban J connectivity index is 0.00000169. The van der Waals surface area contributed by atoms with Gasteiger partial charge in [0.25, 0.3) is 21.8 Å². The van der Waals surface area contributed by atoms with Crippen molar-refractivity contribution >= 4 is 34.2 Å². The Morgan fingerprint density at radius 3 is 2.58 bits per heavy atom. The van der Waals surface area contributed by atoms with E-state index in [1.807, 2.05) is 0 Å². The van der Waals surface area contributed by atoms with Crippen LogP contribution in [-0.4, -0.2) is 50.2 Å². The fourth-order valence-corrected chi connectivity index (χ4v) is 4.73. The Labute approximate surface area is 146 Å². The lowest BCUT2D eigenvalue weighted by Gasteiger charge is -2.27. The van der Waals surface area contributed by atoms with Crippen LogP contribution in [-0.2, 0) is 10.0 Å². The zero-order chi connectivity index (χ0) is 16.2. The topological polar surface area (TPSA) is 95.6 Å². The van der Waals surface area contributed by atoms with Crippen LogP contribution >= 0.6 is 12.4 Å². The largest absolute Gasteiger partial charge is 0.352 e. The minimum Gasteiger partial charge on any atom is -0.352 e. The third kappa shape index (κ3) is 2.68. The van der Waals surface area contributed by atoms with Gasteiger partial charge < -0.3 is 10.6 Å². The van der Waals surface area contributed by atoms with Gasteiger partial charge in [0.05, 0.1) is 5.56 Å². The summed E-state index contributed by atoms with van der Waals surface area (Å²) in [4.78, 5) is 24.4. The maximum absolute atomic E-state index is 12.5. The number of hydrogen-bond donors (Lipinski definition) is 2. The summed E-state index contributed by atoms with van der Waals surface area (Å²) < 4.78 is 26.0. The molecule has 3 aliphatic rings. The van der Waals surface area contributed by atoms with E-state index in [9.17, 15) is 18.0 Å². The van der Waals surface area contributed by atoms with Gasteiger partial charge >= 0.3 is 0 Å². The minimum atomic E-state index is -3.82. The van der Waals surface area contributed by atoms with Crippen molar-refractivity contribution < 1.29 is 18.0 Å². The summed E-state index contributed by atoms with van der Waals surface area (Å²) in [5.41, 5.74) is 0.432. The Morgan fingerprint density at radius 1 is 1.29 bits per heavy atom. The SMILES string of the molecule is Cl.O=C(NCC1CNC1)c1ccc2c(c1)S(=O)(=O)N(C1CC1)C2=O. The molecule has 1 saturated heterocycles. The van der Waals surface area contributed by atoms with Gasteiger partial charge in [0.2, 0.25) is 0 Å². The summed E-state index contributed by atoms with van der Waals surface area (Å²) in [5, 5.41) is 5.93. The fraction of sp³-hybridized carbons (Fsp3) is 0.467. The molecule has 0 unspecified atom stereocenters. The molecule has 2 heterocycles. The van der Waals surface area contributed by atoms with Crippen LogP contribution in [0.3, 0.4) is 0 Å². The molecule has 2 amide bonds. The maximum atomic E-state index is 12.5. The third-order valence-corrected chi connectivity index (χ3v) is 6.38. The monoisotopic (exact) mass is 371 g/mol. The molecule has 1 aromatic carbocycles. The standard InChI is InChI=1S/C15H17N3O4S.ClH/c19-14(17-8-9-6-16-7-9)10-1-4-12-13(5-10)23(21,22)18(15(12)20)11-2-3-11;/h1,4-5,9,11,16H,2-3,6-8H2,(H,17,19);1H. The zero-order valence-corrected chi connectivity index (χ0v) is 14.5. The molecule has 7 nitrogen and oxygen atoms in total. The van der Waals surface area contributed by atoms with Crippen molar-refractivity contribution in [2.75, 3.05) is 19.6 Å². The van der Waals surface area contributed by atoms with Crippen molar-refractivity contribution in [1.29, 1.82) is 0 Å². The van der Waals surface area contributed by atoms with E-state index in [0.29, 0.717) is 25.3 Å². The van der Waals surface area contributed by atoms with Crippen molar-refractivity contribution in [3.05, 3.63) is 29.3 Å².